The lowest BCUT2D eigenvalue weighted by atomic mass is 10.0. The molecule has 0 saturated carbocycles. The smallest absolute Gasteiger partial charge is 0.190 e. The Morgan fingerprint density at radius 1 is 1.00 bits per heavy atom. The van der Waals surface area contributed by atoms with Crippen LogP contribution in [0.15, 0.2) is 4.99 Å². The summed E-state index contributed by atoms with van der Waals surface area (Å²) in [7, 11) is 1.80. The number of hydrogen-bond acceptors (Lipinski definition) is 4. The Morgan fingerprint density at radius 3 is 2.20 bits per heavy atom. The third kappa shape index (κ3) is 14.7. The summed E-state index contributed by atoms with van der Waals surface area (Å²) in [6.07, 6.45) is 6.59. The zero-order chi connectivity index (χ0) is 17.3. The van der Waals surface area contributed by atoms with Gasteiger partial charge in [0.15, 0.2) is 5.96 Å². The van der Waals surface area contributed by atoms with Gasteiger partial charge in [0.2, 0.25) is 0 Å². The van der Waals surface area contributed by atoms with Crippen LogP contribution in [0, 0.1) is 5.92 Å². The Kier molecular flexibility index (Phi) is 18.6. The number of aliphatic imine (C=N–C) groups is 1. The molecule has 1 heterocycles. The fourth-order valence-corrected chi connectivity index (χ4v) is 2.49. The van der Waals surface area contributed by atoms with Crippen molar-refractivity contribution in [1.29, 1.82) is 0 Å². The van der Waals surface area contributed by atoms with Crippen LogP contribution < -0.4 is 10.6 Å². The lowest BCUT2D eigenvalue weighted by molar-refractivity contribution is 0.0203. The molecule has 6 nitrogen and oxygen atoms in total. The highest BCUT2D eigenvalue weighted by Crippen LogP contribution is 2.14. The van der Waals surface area contributed by atoms with Gasteiger partial charge in [-0.15, -0.1) is 24.0 Å². The van der Waals surface area contributed by atoms with Gasteiger partial charge in [0, 0.05) is 59.8 Å². The molecule has 7 heteroatoms. The summed E-state index contributed by atoms with van der Waals surface area (Å²) >= 11 is 0. The van der Waals surface area contributed by atoms with Crippen molar-refractivity contribution in [3.8, 4) is 0 Å². The highest BCUT2D eigenvalue weighted by molar-refractivity contribution is 14.0. The molecule has 1 rings (SSSR count). The number of nitrogens with zero attached hydrogens (tertiary/aromatic N) is 1. The van der Waals surface area contributed by atoms with Gasteiger partial charge in [0.05, 0.1) is 0 Å². The van der Waals surface area contributed by atoms with E-state index in [-0.39, 0.29) is 24.0 Å². The summed E-state index contributed by atoms with van der Waals surface area (Å²) in [5.41, 5.74) is 0. The van der Waals surface area contributed by atoms with Gasteiger partial charge in [-0.2, -0.15) is 0 Å². The van der Waals surface area contributed by atoms with Crippen molar-refractivity contribution >= 4 is 29.9 Å². The second-order valence-electron chi connectivity index (χ2n) is 6.23. The van der Waals surface area contributed by atoms with E-state index < -0.39 is 0 Å². The summed E-state index contributed by atoms with van der Waals surface area (Å²) < 4.78 is 16.7. The van der Waals surface area contributed by atoms with E-state index in [0.717, 1.165) is 90.8 Å². The van der Waals surface area contributed by atoms with Crippen LogP contribution in [0.25, 0.3) is 0 Å². The molecule has 2 N–H and O–H groups in total. The molecule has 1 fully saturated rings. The molecule has 0 aromatic rings. The van der Waals surface area contributed by atoms with E-state index in [9.17, 15) is 0 Å². The number of hydrogen-bond donors (Lipinski definition) is 2. The highest BCUT2D eigenvalue weighted by Gasteiger charge is 2.13. The van der Waals surface area contributed by atoms with Gasteiger partial charge in [-0.3, -0.25) is 4.99 Å². The third-order valence-electron chi connectivity index (χ3n) is 4.08. The van der Waals surface area contributed by atoms with Gasteiger partial charge < -0.3 is 24.8 Å². The van der Waals surface area contributed by atoms with Gasteiger partial charge in [0.25, 0.3) is 0 Å². The molecule has 0 spiro atoms. The zero-order valence-electron chi connectivity index (χ0n) is 16.1. The molecule has 1 aliphatic heterocycles. The first-order chi connectivity index (χ1) is 11.9. The summed E-state index contributed by atoms with van der Waals surface area (Å²) in [5, 5.41) is 6.62. The van der Waals surface area contributed by atoms with Crippen molar-refractivity contribution in [3.63, 3.8) is 0 Å². The van der Waals surface area contributed by atoms with Crippen LogP contribution in [0.4, 0.5) is 0 Å². The molecule has 25 heavy (non-hydrogen) atoms. The number of nitrogens with one attached hydrogen (secondary N) is 2. The minimum absolute atomic E-state index is 0. The van der Waals surface area contributed by atoms with Crippen LogP contribution in [-0.4, -0.2) is 65.7 Å². The first-order valence-electron chi connectivity index (χ1n) is 9.54. The highest BCUT2D eigenvalue weighted by atomic mass is 127. The van der Waals surface area contributed by atoms with Crippen LogP contribution in [0.1, 0.15) is 45.4 Å². The van der Waals surface area contributed by atoms with Crippen LogP contribution in [0.3, 0.4) is 0 Å². The molecule has 0 aromatic heterocycles. The van der Waals surface area contributed by atoms with Gasteiger partial charge in [-0.25, -0.2) is 0 Å². The Hall–Kier alpha value is -0.120. The molecule has 0 unspecified atom stereocenters. The predicted octanol–water partition coefficient (Wildman–Crippen LogP) is 2.81. The third-order valence-corrected chi connectivity index (χ3v) is 4.08. The van der Waals surface area contributed by atoms with E-state index in [4.69, 9.17) is 14.2 Å². The van der Waals surface area contributed by atoms with Crippen LogP contribution in [-0.2, 0) is 14.2 Å². The molecular weight excluding hydrogens is 433 g/mol. The molecule has 150 valence electrons. The maximum atomic E-state index is 5.76. The van der Waals surface area contributed by atoms with E-state index in [2.05, 4.69) is 22.5 Å². The summed E-state index contributed by atoms with van der Waals surface area (Å²) in [6, 6.07) is 0. The number of ether oxygens (including phenoxy) is 3. The second kappa shape index (κ2) is 18.7. The largest absolute Gasteiger partial charge is 0.381 e. The predicted molar refractivity (Wildman–Crippen MR) is 114 cm³/mol. The van der Waals surface area contributed by atoms with Crippen molar-refractivity contribution in [3.05, 3.63) is 0 Å². The van der Waals surface area contributed by atoms with Crippen molar-refractivity contribution in [2.45, 2.75) is 45.4 Å². The molecular formula is C18H38IN3O3. The van der Waals surface area contributed by atoms with E-state index >= 15 is 0 Å². The Morgan fingerprint density at radius 2 is 1.60 bits per heavy atom. The fourth-order valence-electron chi connectivity index (χ4n) is 2.49. The SMILES string of the molecule is CCCCOCCCNC(=NC)NCCCOCC1CCOCC1.I. The van der Waals surface area contributed by atoms with Gasteiger partial charge in [-0.05, 0) is 38.0 Å². The minimum atomic E-state index is 0. The molecule has 1 aliphatic rings. The Labute approximate surface area is 170 Å². The van der Waals surface area contributed by atoms with E-state index in [1.54, 1.807) is 7.05 Å². The fraction of sp³-hybridized carbons (Fsp3) is 0.944. The summed E-state index contributed by atoms with van der Waals surface area (Å²) in [4.78, 5) is 4.23. The van der Waals surface area contributed by atoms with Crippen LogP contribution >= 0.6 is 24.0 Å². The first kappa shape index (κ1) is 24.9. The van der Waals surface area contributed by atoms with E-state index in [1.807, 2.05) is 0 Å². The summed E-state index contributed by atoms with van der Waals surface area (Å²) in [6.45, 7) is 9.06. The van der Waals surface area contributed by atoms with Crippen LogP contribution in [0.5, 0.6) is 0 Å². The molecule has 0 aliphatic carbocycles. The van der Waals surface area contributed by atoms with Crippen molar-refractivity contribution in [2.24, 2.45) is 10.9 Å². The van der Waals surface area contributed by atoms with Gasteiger partial charge in [-0.1, -0.05) is 13.3 Å². The first-order valence-corrected chi connectivity index (χ1v) is 9.54. The standard InChI is InChI=1S/C18H37N3O3.HI/c1-3-4-11-22-12-5-9-20-18(19-2)21-10-6-13-24-16-17-7-14-23-15-8-17;/h17H,3-16H2,1-2H3,(H2,19,20,21);1H. The summed E-state index contributed by atoms with van der Waals surface area (Å²) in [5.74, 6) is 1.54. The quantitative estimate of drug-likeness (QED) is 0.187. The molecule has 1 saturated heterocycles. The van der Waals surface area contributed by atoms with Crippen molar-refractivity contribution in [2.75, 3.05) is 59.8 Å². The number of rotatable bonds is 13. The topological polar surface area (TPSA) is 64.1 Å². The normalized spacial score (nSPS) is 15.7. The zero-order valence-corrected chi connectivity index (χ0v) is 18.4. The number of guanidine groups is 1. The maximum absolute atomic E-state index is 5.76. The lowest BCUT2D eigenvalue weighted by Gasteiger charge is -2.21. The Bertz CT molecular complexity index is 314. The minimum Gasteiger partial charge on any atom is -0.381 e. The van der Waals surface area contributed by atoms with Crippen LogP contribution in [0.2, 0.25) is 0 Å². The van der Waals surface area contributed by atoms with E-state index in [0.29, 0.717) is 5.92 Å². The molecule has 0 radical (unpaired) electrons. The van der Waals surface area contributed by atoms with Gasteiger partial charge >= 0.3 is 0 Å². The second-order valence-corrected chi connectivity index (χ2v) is 6.23. The average Bonchev–Trinajstić information content (AvgIpc) is 2.63. The lowest BCUT2D eigenvalue weighted by Crippen LogP contribution is -2.38. The number of unbranched alkanes of at least 4 members (excludes halogenated alkanes) is 1. The maximum Gasteiger partial charge on any atom is 0.190 e. The van der Waals surface area contributed by atoms with E-state index in [1.165, 1.54) is 6.42 Å². The van der Waals surface area contributed by atoms with Crippen molar-refractivity contribution in [1.82, 2.24) is 10.6 Å². The molecule has 0 amide bonds. The number of halogens is 1. The monoisotopic (exact) mass is 471 g/mol. The van der Waals surface area contributed by atoms with Gasteiger partial charge in [0.1, 0.15) is 0 Å². The molecule has 0 bridgehead atoms. The Balaban J connectivity index is 0.00000576. The van der Waals surface area contributed by atoms with Crippen molar-refractivity contribution < 1.29 is 14.2 Å². The molecule has 0 aromatic carbocycles. The molecule has 0 atom stereocenters. The average molecular weight is 471 g/mol.